The average Bonchev–Trinajstić information content (AvgIpc) is 2.47. The lowest BCUT2D eigenvalue weighted by Gasteiger charge is -2.38. The Hall–Kier alpha value is -2.15. The molecule has 114 valence electrons. The van der Waals surface area contributed by atoms with Gasteiger partial charge in [-0.1, -0.05) is 0 Å². The number of anilines is 1. The number of amides is 1. The van der Waals surface area contributed by atoms with Crippen molar-refractivity contribution < 1.29 is 9.72 Å². The van der Waals surface area contributed by atoms with E-state index in [4.69, 9.17) is 11.5 Å². The van der Waals surface area contributed by atoms with Crippen LogP contribution in [0, 0.1) is 10.1 Å². The molecule has 7 nitrogen and oxygen atoms in total. The summed E-state index contributed by atoms with van der Waals surface area (Å²) in [5.74, 6) is -0.647. The van der Waals surface area contributed by atoms with Crippen molar-refractivity contribution in [1.29, 1.82) is 0 Å². The van der Waals surface area contributed by atoms with E-state index in [9.17, 15) is 14.9 Å². The molecule has 1 aromatic rings. The number of primary amides is 1. The van der Waals surface area contributed by atoms with Gasteiger partial charge in [-0.05, 0) is 38.3 Å². The molecule has 2 rings (SSSR count). The molecular formula is C14H20N4O3. The number of carbonyl (C=O) groups is 1. The van der Waals surface area contributed by atoms with Crippen LogP contribution in [0.25, 0.3) is 0 Å². The Morgan fingerprint density at radius 1 is 1.43 bits per heavy atom. The summed E-state index contributed by atoms with van der Waals surface area (Å²) in [5.41, 5.74) is 11.8. The Balaban J connectivity index is 2.41. The molecule has 0 aromatic heterocycles. The molecule has 0 saturated carbocycles. The molecule has 0 radical (unpaired) electrons. The van der Waals surface area contributed by atoms with Crippen molar-refractivity contribution in [2.75, 3.05) is 18.0 Å². The van der Waals surface area contributed by atoms with Gasteiger partial charge in [0.15, 0.2) is 0 Å². The highest BCUT2D eigenvalue weighted by Crippen LogP contribution is 2.31. The fourth-order valence-corrected chi connectivity index (χ4v) is 2.90. The van der Waals surface area contributed by atoms with E-state index in [0.29, 0.717) is 12.2 Å². The minimum Gasteiger partial charge on any atom is -0.368 e. The number of benzene rings is 1. The topological polar surface area (TPSA) is 115 Å². The highest BCUT2D eigenvalue weighted by atomic mass is 16.6. The number of rotatable bonds is 5. The van der Waals surface area contributed by atoms with Crippen molar-refractivity contribution in [1.82, 2.24) is 0 Å². The third-order valence-electron chi connectivity index (χ3n) is 3.89. The quantitative estimate of drug-likeness (QED) is 0.628. The van der Waals surface area contributed by atoms with Gasteiger partial charge in [-0.25, -0.2) is 0 Å². The van der Waals surface area contributed by atoms with Crippen molar-refractivity contribution in [3.8, 4) is 0 Å². The first-order valence-corrected chi connectivity index (χ1v) is 7.09. The Labute approximate surface area is 123 Å². The first-order chi connectivity index (χ1) is 10.0. The van der Waals surface area contributed by atoms with Crippen LogP contribution in [-0.2, 0) is 0 Å². The number of piperidine rings is 1. The van der Waals surface area contributed by atoms with E-state index in [1.165, 1.54) is 12.1 Å². The molecule has 21 heavy (non-hydrogen) atoms. The highest BCUT2D eigenvalue weighted by Gasteiger charge is 2.26. The minimum absolute atomic E-state index is 0.125. The molecule has 1 heterocycles. The zero-order valence-corrected chi connectivity index (χ0v) is 11.8. The molecule has 0 bridgehead atoms. The maximum atomic E-state index is 11.7. The number of non-ortho nitro benzene ring substituents is 1. The molecule has 1 atom stereocenters. The van der Waals surface area contributed by atoms with Crippen LogP contribution in [0.2, 0.25) is 0 Å². The molecule has 1 aromatic carbocycles. The number of nitrogens with zero attached hydrogens (tertiary/aromatic N) is 2. The molecule has 1 saturated heterocycles. The SMILES string of the molecule is NCCC1CCCCN1c1ccc([N+](=O)[O-])cc1C(N)=O. The maximum absolute atomic E-state index is 11.7. The lowest BCUT2D eigenvalue weighted by atomic mass is 9.97. The van der Waals surface area contributed by atoms with Crippen LogP contribution in [0.15, 0.2) is 18.2 Å². The molecule has 0 aliphatic carbocycles. The monoisotopic (exact) mass is 292 g/mol. The molecule has 4 N–H and O–H groups in total. The van der Waals surface area contributed by atoms with Crippen LogP contribution in [0.1, 0.15) is 36.0 Å². The molecule has 7 heteroatoms. The van der Waals surface area contributed by atoms with Crippen LogP contribution in [-0.4, -0.2) is 30.0 Å². The zero-order chi connectivity index (χ0) is 15.4. The number of hydrogen-bond acceptors (Lipinski definition) is 5. The minimum atomic E-state index is -0.647. The van der Waals surface area contributed by atoms with Gasteiger partial charge in [-0.2, -0.15) is 0 Å². The van der Waals surface area contributed by atoms with Crippen LogP contribution >= 0.6 is 0 Å². The second kappa shape index (κ2) is 6.53. The van der Waals surface area contributed by atoms with Crippen molar-refractivity contribution in [3.05, 3.63) is 33.9 Å². The van der Waals surface area contributed by atoms with Gasteiger partial charge in [0.2, 0.25) is 0 Å². The number of carbonyl (C=O) groups excluding carboxylic acids is 1. The summed E-state index contributed by atoms with van der Waals surface area (Å²) in [6, 6.07) is 4.54. The summed E-state index contributed by atoms with van der Waals surface area (Å²) in [5, 5.41) is 10.9. The average molecular weight is 292 g/mol. The summed E-state index contributed by atoms with van der Waals surface area (Å²) in [6.07, 6.45) is 3.98. The molecular weight excluding hydrogens is 272 g/mol. The number of nitrogens with two attached hydrogens (primary N) is 2. The molecule has 1 aliphatic rings. The lowest BCUT2D eigenvalue weighted by Crippen LogP contribution is -2.41. The van der Waals surface area contributed by atoms with E-state index in [-0.39, 0.29) is 17.3 Å². The van der Waals surface area contributed by atoms with Gasteiger partial charge in [0.05, 0.1) is 16.2 Å². The molecule has 1 amide bonds. The van der Waals surface area contributed by atoms with Crippen molar-refractivity contribution >= 4 is 17.3 Å². The van der Waals surface area contributed by atoms with Crippen LogP contribution in [0.4, 0.5) is 11.4 Å². The summed E-state index contributed by atoms with van der Waals surface area (Å²) < 4.78 is 0. The van der Waals surface area contributed by atoms with E-state index >= 15 is 0 Å². The number of nitro benzene ring substituents is 1. The van der Waals surface area contributed by atoms with E-state index in [1.54, 1.807) is 6.07 Å². The largest absolute Gasteiger partial charge is 0.368 e. The Bertz CT molecular complexity index is 545. The summed E-state index contributed by atoms with van der Waals surface area (Å²) in [4.78, 5) is 24.1. The summed E-state index contributed by atoms with van der Waals surface area (Å²) in [6.45, 7) is 1.38. The van der Waals surface area contributed by atoms with Crippen molar-refractivity contribution in [2.45, 2.75) is 31.7 Å². The van der Waals surface area contributed by atoms with E-state index < -0.39 is 10.8 Å². The first-order valence-electron chi connectivity index (χ1n) is 7.09. The number of hydrogen-bond donors (Lipinski definition) is 2. The smallest absolute Gasteiger partial charge is 0.270 e. The van der Waals surface area contributed by atoms with Gasteiger partial charge in [-0.3, -0.25) is 14.9 Å². The van der Waals surface area contributed by atoms with Gasteiger partial charge in [-0.15, -0.1) is 0 Å². The van der Waals surface area contributed by atoms with Gasteiger partial charge in [0.25, 0.3) is 11.6 Å². The summed E-state index contributed by atoms with van der Waals surface area (Å²) >= 11 is 0. The fourth-order valence-electron chi connectivity index (χ4n) is 2.90. The fraction of sp³-hybridized carbons (Fsp3) is 0.500. The molecule has 1 unspecified atom stereocenters. The predicted octanol–water partition coefficient (Wildman–Crippen LogP) is 1.40. The van der Waals surface area contributed by atoms with E-state index in [0.717, 1.165) is 32.2 Å². The predicted molar refractivity (Wildman–Crippen MR) is 80.3 cm³/mol. The third-order valence-corrected chi connectivity index (χ3v) is 3.89. The molecule has 1 fully saturated rings. The zero-order valence-electron chi connectivity index (χ0n) is 11.8. The number of nitro groups is 1. The van der Waals surface area contributed by atoms with Gasteiger partial charge >= 0.3 is 0 Å². The second-order valence-electron chi connectivity index (χ2n) is 5.24. The van der Waals surface area contributed by atoms with Gasteiger partial charge < -0.3 is 16.4 Å². The van der Waals surface area contributed by atoms with Crippen molar-refractivity contribution in [2.24, 2.45) is 11.5 Å². The third kappa shape index (κ3) is 3.30. The van der Waals surface area contributed by atoms with Gasteiger partial charge in [0, 0.05) is 24.7 Å². The maximum Gasteiger partial charge on any atom is 0.270 e. The lowest BCUT2D eigenvalue weighted by molar-refractivity contribution is -0.384. The summed E-state index contributed by atoms with van der Waals surface area (Å²) in [7, 11) is 0. The van der Waals surface area contributed by atoms with Crippen molar-refractivity contribution in [3.63, 3.8) is 0 Å². The Morgan fingerprint density at radius 2 is 2.19 bits per heavy atom. The standard InChI is InChI=1S/C14H20N4O3/c15-7-6-10-3-1-2-8-17(10)13-5-4-11(18(20)21)9-12(13)14(16)19/h4-5,9-10H,1-3,6-8,15H2,(H2,16,19). The Morgan fingerprint density at radius 3 is 2.81 bits per heavy atom. The Kier molecular flexibility index (Phi) is 4.74. The highest BCUT2D eigenvalue weighted by molar-refractivity contribution is 5.99. The molecule has 0 spiro atoms. The van der Waals surface area contributed by atoms with Crippen LogP contribution in [0.5, 0.6) is 0 Å². The first kappa shape index (κ1) is 15.2. The second-order valence-corrected chi connectivity index (χ2v) is 5.24. The van der Waals surface area contributed by atoms with Gasteiger partial charge in [0.1, 0.15) is 0 Å². The van der Waals surface area contributed by atoms with Crippen LogP contribution in [0.3, 0.4) is 0 Å². The van der Waals surface area contributed by atoms with E-state index in [2.05, 4.69) is 4.90 Å². The normalized spacial score (nSPS) is 18.5. The van der Waals surface area contributed by atoms with E-state index in [1.807, 2.05) is 0 Å². The molecule has 1 aliphatic heterocycles. The van der Waals surface area contributed by atoms with Crippen LogP contribution < -0.4 is 16.4 Å².